The summed E-state index contributed by atoms with van der Waals surface area (Å²) in [6.07, 6.45) is -1.08. The van der Waals surface area contributed by atoms with E-state index in [1.165, 1.54) is 21.1 Å². The lowest BCUT2D eigenvalue weighted by atomic mass is 10.1. The maximum absolute atomic E-state index is 12.5. The van der Waals surface area contributed by atoms with E-state index < -0.39 is 23.9 Å². The fraction of sp³-hybridized carbons (Fsp3) is 0.381. The average molecular weight is 418 g/mol. The number of ether oxygens (including phenoxy) is 4. The van der Waals surface area contributed by atoms with Crippen LogP contribution in [0.5, 0.6) is 11.5 Å². The number of benzene rings is 1. The van der Waals surface area contributed by atoms with Crippen LogP contribution in [0.15, 0.2) is 18.2 Å². The van der Waals surface area contributed by atoms with E-state index >= 15 is 0 Å². The molecule has 0 aliphatic heterocycles. The van der Waals surface area contributed by atoms with Gasteiger partial charge in [-0.2, -0.15) is 0 Å². The summed E-state index contributed by atoms with van der Waals surface area (Å²) < 4.78 is 20.6. The average Bonchev–Trinajstić information content (AvgIpc) is 3.02. The molecular formula is C21H26N2O7. The van der Waals surface area contributed by atoms with E-state index in [0.29, 0.717) is 28.4 Å². The second-order valence-electron chi connectivity index (χ2n) is 6.45. The number of carbonyl (C=O) groups excluding carboxylic acids is 3. The Labute approximate surface area is 174 Å². The number of hydrogen-bond donors (Lipinski definition) is 2. The third-order valence-electron chi connectivity index (χ3n) is 4.43. The number of H-pyrrole nitrogens is 1. The highest BCUT2D eigenvalue weighted by Gasteiger charge is 2.26. The number of anilines is 1. The van der Waals surface area contributed by atoms with Crippen molar-refractivity contribution in [2.45, 2.75) is 33.8 Å². The molecule has 1 atom stereocenters. The summed E-state index contributed by atoms with van der Waals surface area (Å²) in [7, 11) is 2.99. The van der Waals surface area contributed by atoms with Crippen molar-refractivity contribution >= 4 is 23.5 Å². The van der Waals surface area contributed by atoms with Gasteiger partial charge in [-0.25, -0.2) is 9.59 Å². The van der Waals surface area contributed by atoms with Crippen molar-refractivity contribution in [3.05, 3.63) is 40.7 Å². The molecule has 2 N–H and O–H groups in total. The van der Waals surface area contributed by atoms with Gasteiger partial charge < -0.3 is 29.2 Å². The van der Waals surface area contributed by atoms with E-state index in [1.54, 1.807) is 39.0 Å². The van der Waals surface area contributed by atoms with Gasteiger partial charge in [0.1, 0.15) is 5.69 Å². The molecule has 9 nitrogen and oxygen atoms in total. The predicted molar refractivity (Wildman–Crippen MR) is 109 cm³/mol. The van der Waals surface area contributed by atoms with Crippen LogP contribution in [0.3, 0.4) is 0 Å². The molecule has 0 unspecified atom stereocenters. The fourth-order valence-corrected chi connectivity index (χ4v) is 2.89. The Hall–Kier alpha value is -3.49. The second-order valence-corrected chi connectivity index (χ2v) is 6.45. The molecule has 0 aliphatic carbocycles. The van der Waals surface area contributed by atoms with Gasteiger partial charge in [0.25, 0.3) is 5.91 Å². The third-order valence-corrected chi connectivity index (χ3v) is 4.43. The van der Waals surface area contributed by atoms with Crippen molar-refractivity contribution in [2.75, 3.05) is 26.1 Å². The van der Waals surface area contributed by atoms with Crippen LogP contribution in [0.4, 0.5) is 5.69 Å². The van der Waals surface area contributed by atoms with Crippen LogP contribution in [0.2, 0.25) is 0 Å². The van der Waals surface area contributed by atoms with Crippen molar-refractivity contribution in [1.29, 1.82) is 0 Å². The number of carbonyl (C=O) groups is 3. The number of amides is 1. The minimum absolute atomic E-state index is 0.0984. The molecule has 30 heavy (non-hydrogen) atoms. The van der Waals surface area contributed by atoms with Gasteiger partial charge in [-0.1, -0.05) is 0 Å². The Balaban J connectivity index is 2.10. The molecule has 0 fully saturated rings. The lowest BCUT2D eigenvalue weighted by molar-refractivity contribution is -0.123. The lowest BCUT2D eigenvalue weighted by Gasteiger charge is -2.15. The monoisotopic (exact) mass is 418 g/mol. The van der Waals surface area contributed by atoms with Crippen molar-refractivity contribution in [3.63, 3.8) is 0 Å². The van der Waals surface area contributed by atoms with E-state index in [4.69, 9.17) is 18.9 Å². The van der Waals surface area contributed by atoms with Gasteiger partial charge >= 0.3 is 11.9 Å². The highest BCUT2D eigenvalue weighted by molar-refractivity contribution is 6.00. The van der Waals surface area contributed by atoms with E-state index in [-0.39, 0.29) is 17.9 Å². The fourth-order valence-electron chi connectivity index (χ4n) is 2.89. The Morgan fingerprint density at radius 1 is 1.07 bits per heavy atom. The molecule has 9 heteroatoms. The highest BCUT2D eigenvalue weighted by Crippen LogP contribution is 2.29. The highest BCUT2D eigenvalue weighted by atomic mass is 16.5. The number of nitrogens with one attached hydrogen (secondary N) is 2. The van der Waals surface area contributed by atoms with E-state index in [0.717, 1.165) is 0 Å². The van der Waals surface area contributed by atoms with Crippen LogP contribution in [0.1, 0.15) is 46.0 Å². The van der Waals surface area contributed by atoms with E-state index in [9.17, 15) is 14.4 Å². The van der Waals surface area contributed by atoms with E-state index in [1.807, 2.05) is 0 Å². The Morgan fingerprint density at radius 2 is 1.73 bits per heavy atom. The summed E-state index contributed by atoms with van der Waals surface area (Å²) in [5.74, 6) is -0.834. The summed E-state index contributed by atoms with van der Waals surface area (Å²) in [5.41, 5.74) is 1.73. The van der Waals surface area contributed by atoms with Crippen molar-refractivity contribution < 1.29 is 33.3 Å². The lowest BCUT2D eigenvalue weighted by Crippen LogP contribution is -2.30. The molecule has 0 bridgehead atoms. The van der Waals surface area contributed by atoms with Crippen molar-refractivity contribution in [3.8, 4) is 11.5 Å². The number of aromatic amines is 1. The van der Waals surface area contributed by atoms with Gasteiger partial charge in [0.15, 0.2) is 17.6 Å². The van der Waals surface area contributed by atoms with Gasteiger partial charge in [0, 0.05) is 17.4 Å². The molecule has 0 spiro atoms. The SMILES string of the molecule is CCOC(=O)c1c(C)[nH]c(C(=O)O[C@H](C)C(=O)Nc2ccc(OC)c(OC)c2)c1C. The standard InChI is InChI=1S/C21H26N2O7/c1-7-29-20(25)17-11(2)18(22-12(17)3)21(26)30-13(4)19(24)23-14-8-9-15(27-5)16(10-14)28-6/h8-10,13,22H,7H2,1-6H3,(H,23,24)/t13-/m1/s1. The van der Waals surface area contributed by atoms with Gasteiger partial charge in [-0.3, -0.25) is 4.79 Å². The van der Waals surface area contributed by atoms with Crippen LogP contribution in [-0.4, -0.2) is 49.8 Å². The van der Waals surface area contributed by atoms with Crippen LogP contribution in [0.25, 0.3) is 0 Å². The molecule has 0 radical (unpaired) electrons. The van der Waals surface area contributed by atoms with Crippen molar-refractivity contribution in [1.82, 2.24) is 4.98 Å². The first-order valence-electron chi connectivity index (χ1n) is 9.33. The predicted octanol–water partition coefficient (Wildman–Crippen LogP) is 3.01. The van der Waals surface area contributed by atoms with Gasteiger partial charge in [-0.15, -0.1) is 0 Å². The Bertz CT molecular complexity index is 949. The van der Waals surface area contributed by atoms with Gasteiger partial charge in [0.2, 0.25) is 0 Å². The number of rotatable bonds is 8. The van der Waals surface area contributed by atoms with Crippen molar-refractivity contribution in [2.24, 2.45) is 0 Å². The molecule has 0 aliphatic rings. The number of esters is 2. The summed E-state index contributed by atoms with van der Waals surface area (Å²) in [5, 5.41) is 2.65. The molecular weight excluding hydrogens is 392 g/mol. The molecule has 2 aromatic rings. The maximum Gasteiger partial charge on any atom is 0.355 e. The smallest absolute Gasteiger partial charge is 0.355 e. The third kappa shape index (κ3) is 4.91. The zero-order valence-electron chi connectivity index (χ0n) is 17.9. The molecule has 1 heterocycles. The molecule has 2 rings (SSSR count). The maximum atomic E-state index is 12.5. The quantitative estimate of drug-likeness (QED) is 0.633. The van der Waals surface area contributed by atoms with Crippen LogP contribution in [-0.2, 0) is 14.3 Å². The van der Waals surface area contributed by atoms with E-state index in [2.05, 4.69) is 10.3 Å². The summed E-state index contributed by atoms with van der Waals surface area (Å²) in [6.45, 7) is 6.63. The summed E-state index contributed by atoms with van der Waals surface area (Å²) >= 11 is 0. The zero-order valence-corrected chi connectivity index (χ0v) is 17.9. The molecule has 1 aromatic heterocycles. The summed E-state index contributed by atoms with van der Waals surface area (Å²) in [6, 6.07) is 4.88. The van der Waals surface area contributed by atoms with Crippen LogP contribution < -0.4 is 14.8 Å². The molecule has 0 saturated heterocycles. The molecule has 162 valence electrons. The molecule has 1 aromatic carbocycles. The second kappa shape index (κ2) is 9.82. The van der Waals surface area contributed by atoms with Crippen LogP contribution in [0, 0.1) is 13.8 Å². The summed E-state index contributed by atoms with van der Waals surface area (Å²) in [4.78, 5) is 39.9. The van der Waals surface area contributed by atoms with Gasteiger partial charge in [0.05, 0.1) is 26.4 Å². The number of methoxy groups -OCH3 is 2. The minimum Gasteiger partial charge on any atom is -0.493 e. The number of aromatic nitrogens is 1. The molecule has 0 saturated carbocycles. The van der Waals surface area contributed by atoms with Crippen LogP contribution >= 0.6 is 0 Å². The first-order chi connectivity index (χ1) is 14.2. The first kappa shape index (κ1) is 22.8. The largest absolute Gasteiger partial charge is 0.493 e. The number of aryl methyl sites for hydroxylation is 1. The first-order valence-corrected chi connectivity index (χ1v) is 9.33. The van der Waals surface area contributed by atoms with Gasteiger partial charge in [-0.05, 0) is 45.4 Å². The minimum atomic E-state index is -1.08. The normalized spacial score (nSPS) is 11.4. The molecule has 1 amide bonds. The zero-order chi connectivity index (χ0) is 22.4. The Kier molecular flexibility index (Phi) is 7.46. The number of hydrogen-bond acceptors (Lipinski definition) is 7. The topological polar surface area (TPSA) is 116 Å². The Morgan fingerprint density at radius 3 is 2.33 bits per heavy atom.